The molecule has 1 saturated carbocycles. The van der Waals surface area contributed by atoms with Gasteiger partial charge in [0, 0.05) is 12.6 Å². The highest BCUT2D eigenvalue weighted by atomic mass is 16.1. The number of nitrogens with two attached hydrogens (primary N) is 1. The van der Waals surface area contributed by atoms with E-state index in [4.69, 9.17) is 5.73 Å². The lowest BCUT2D eigenvalue weighted by Crippen LogP contribution is -2.17. The normalized spacial score (nSPS) is 18.4. The molecule has 1 aliphatic rings. The van der Waals surface area contributed by atoms with E-state index in [0.29, 0.717) is 25.4 Å². The molecule has 0 spiro atoms. The molecule has 2 N–H and O–H groups in total. The predicted octanol–water partition coefficient (Wildman–Crippen LogP) is 2.48. The van der Waals surface area contributed by atoms with Gasteiger partial charge in [-0.15, -0.1) is 0 Å². The van der Waals surface area contributed by atoms with E-state index >= 15 is 0 Å². The zero-order chi connectivity index (χ0) is 13.7. The Labute approximate surface area is 115 Å². The second-order valence-electron chi connectivity index (χ2n) is 5.84. The summed E-state index contributed by atoms with van der Waals surface area (Å²) in [7, 11) is 0. The van der Waals surface area contributed by atoms with Gasteiger partial charge in [0.05, 0.1) is 18.2 Å². The van der Waals surface area contributed by atoms with Crippen LogP contribution in [-0.4, -0.2) is 22.1 Å². The summed E-state index contributed by atoms with van der Waals surface area (Å²) >= 11 is 0. The maximum absolute atomic E-state index is 11.9. The molecule has 0 radical (unpaired) electrons. The number of nitrogens with zero attached hydrogens (tertiary/aromatic N) is 2. The molecular weight excluding hydrogens is 238 g/mol. The number of carbonyl (C=O) groups is 1. The van der Waals surface area contributed by atoms with E-state index in [9.17, 15) is 4.79 Å². The first kappa shape index (κ1) is 14.3. The lowest BCUT2D eigenvalue weighted by atomic mass is 9.96. The van der Waals surface area contributed by atoms with Crippen LogP contribution in [0.1, 0.15) is 57.2 Å². The largest absolute Gasteiger partial charge is 0.330 e. The zero-order valence-corrected chi connectivity index (χ0v) is 11.8. The average Bonchev–Trinajstić information content (AvgIpc) is 2.88. The maximum atomic E-state index is 11.9. The molecule has 1 aliphatic carbocycles. The molecule has 1 unspecified atom stereocenters. The van der Waals surface area contributed by atoms with Crippen molar-refractivity contribution in [2.24, 2.45) is 11.7 Å². The monoisotopic (exact) mass is 263 g/mol. The molecule has 1 aromatic heterocycles. The molecule has 1 heterocycles. The Bertz CT molecular complexity index is 407. The number of ketones is 1. The summed E-state index contributed by atoms with van der Waals surface area (Å²) < 4.78 is 2.06. The van der Waals surface area contributed by atoms with Gasteiger partial charge < -0.3 is 5.73 Å². The molecule has 1 aromatic rings. The van der Waals surface area contributed by atoms with Gasteiger partial charge in [-0.2, -0.15) is 5.10 Å². The van der Waals surface area contributed by atoms with Gasteiger partial charge in [0.15, 0.2) is 0 Å². The third kappa shape index (κ3) is 4.16. The van der Waals surface area contributed by atoms with Gasteiger partial charge in [-0.3, -0.25) is 9.48 Å². The third-order valence-corrected chi connectivity index (χ3v) is 3.97. The van der Waals surface area contributed by atoms with Gasteiger partial charge in [-0.1, -0.05) is 26.2 Å². The fraction of sp³-hybridized carbons (Fsp3) is 0.733. The van der Waals surface area contributed by atoms with E-state index in [-0.39, 0.29) is 11.7 Å². The molecule has 19 heavy (non-hydrogen) atoms. The Balaban J connectivity index is 1.88. The molecule has 0 aliphatic heterocycles. The molecule has 0 aromatic carbocycles. The number of aromatic nitrogens is 2. The van der Waals surface area contributed by atoms with Crippen molar-refractivity contribution in [1.29, 1.82) is 0 Å². The van der Waals surface area contributed by atoms with E-state index in [1.165, 1.54) is 32.1 Å². The van der Waals surface area contributed by atoms with Gasteiger partial charge in [-0.05, 0) is 31.4 Å². The van der Waals surface area contributed by atoms with Gasteiger partial charge in [0.25, 0.3) is 0 Å². The smallest absolute Gasteiger partial charge is 0.139 e. The van der Waals surface area contributed by atoms with Gasteiger partial charge >= 0.3 is 0 Å². The summed E-state index contributed by atoms with van der Waals surface area (Å²) in [5, 5.41) is 4.57. The van der Waals surface area contributed by atoms with Gasteiger partial charge in [-0.25, -0.2) is 0 Å². The molecule has 0 saturated heterocycles. The van der Waals surface area contributed by atoms with Crippen molar-refractivity contribution in [2.75, 3.05) is 6.54 Å². The van der Waals surface area contributed by atoms with Crippen molar-refractivity contribution in [3.05, 3.63) is 18.0 Å². The Hall–Kier alpha value is -1.16. The minimum Gasteiger partial charge on any atom is -0.330 e. The minimum absolute atomic E-state index is 0.242. The molecule has 106 valence electrons. The summed E-state index contributed by atoms with van der Waals surface area (Å²) in [5.74, 6) is 0.514. The standard InChI is InChI=1S/C15H25N3O/c1-12(11-16)9-15(19)10-13-7-8-18(17-13)14-5-3-2-4-6-14/h7-8,12,14H,2-6,9-11,16H2,1H3. The number of hydrogen-bond acceptors (Lipinski definition) is 3. The lowest BCUT2D eigenvalue weighted by molar-refractivity contribution is -0.119. The summed E-state index contributed by atoms with van der Waals surface area (Å²) in [4.78, 5) is 11.9. The van der Waals surface area contributed by atoms with E-state index in [1.54, 1.807) is 0 Å². The van der Waals surface area contributed by atoms with Crippen LogP contribution in [0.4, 0.5) is 0 Å². The van der Waals surface area contributed by atoms with Crippen LogP contribution in [-0.2, 0) is 11.2 Å². The summed E-state index contributed by atoms with van der Waals surface area (Å²) in [6.45, 7) is 2.58. The highest BCUT2D eigenvalue weighted by Gasteiger charge is 2.17. The van der Waals surface area contributed by atoms with Crippen LogP contribution in [0.5, 0.6) is 0 Å². The number of carbonyl (C=O) groups excluding carboxylic acids is 1. The Morgan fingerprint density at radius 3 is 2.89 bits per heavy atom. The first-order chi connectivity index (χ1) is 9.19. The zero-order valence-electron chi connectivity index (χ0n) is 11.8. The fourth-order valence-corrected chi connectivity index (χ4v) is 2.77. The Morgan fingerprint density at radius 1 is 1.47 bits per heavy atom. The molecule has 2 rings (SSSR count). The van der Waals surface area contributed by atoms with Gasteiger partial charge in [0.1, 0.15) is 5.78 Å². The van der Waals surface area contributed by atoms with Crippen LogP contribution in [0, 0.1) is 5.92 Å². The molecule has 0 amide bonds. The Morgan fingerprint density at radius 2 is 2.21 bits per heavy atom. The SMILES string of the molecule is CC(CN)CC(=O)Cc1ccn(C2CCCCC2)n1. The van der Waals surface area contributed by atoms with Crippen molar-refractivity contribution in [3.63, 3.8) is 0 Å². The van der Waals surface area contributed by atoms with Crippen LogP contribution >= 0.6 is 0 Å². The van der Waals surface area contributed by atoms with E-state index in [0.717, 1.165) is 5.69 Å². The molecular formula is C15H25N3O. The van der Waals surface area contributed by atoms with E-state index in [2.05, 4.69) is 9.78 Å². The molecule has 4 heteroatoms. The summed E-state index contributed by atoms with van der Waals surface area (Å²) in [5.41, 5.74) is 6.45. The Kier molecular flexibility index (Phi) is 5.14. The maximum Gasteiger partial charge on any atom is 0.139 e. The number of Topliss-reactive ketones (excluding diaryl/α,β-unsaturated/α-hetero) is 1. The summed E-state index contributed by atoms with van der Waals surface area (Å²) in [6, 6.07) is 2.53. The van der Waals surface area contributed by atoms with Gasteiger partial charge in [0.2, 0.25) is 0 Å². The quantitative estimate of drug-likeness (QED) is 0.857. The first-order valence-electron chi connectivity index (χ1n) is 7.45. The van der Waals surface area contributed by atoms with Crippen molar-refractivity contribution < 1.29 is 4.79 Å². The highest BCUT2D eigenvalue weighted by Crippen LogP contribution is 2.27. The second kappa shape index (κ2) is 6.85. The van der Waals surface area contributed by atoms with Crippen molar-refractivity contribution in [3.8, 4) is 0 Å². The summed E-state index contributed by atoms with van der Waals surface area (Å²) in [6.07, 6.45) is 9.43. The molecule has 4 nitrogen and oxygen atoms in total. The van der Waals surface area contributed by atoms with Crippen LogP contribution in [0.2, 0.25) is 0 Å². The predicted molar refractivity (Wildman–Crippen MR) is 75.9 cm³/mol. The number of hydrogen-bond donors (Lipinski definition) is 1. The highest BCUT2D eigenvalue weighted by molar-refractivity contribution is 5.80. The number of rotatable bonds is 6. The molecule has 0 bridgehead atoms. The first-order valence-corrected chi connectivity index (χ1v) is 7.45. The van der Waals surface area contributed by atoms with Crippen molar-refractivity contribution in [1.82, 2.24) is 9.78 Å². The van der Waals surface area contributed by atoms with Crippen molar-refractivity contribution in [2.45, 2.75) is 57.9 Å². The third-order valence-electron chi connectivity index (χ3n) is 3.97. The topological polar surface area (TPSA) is 60.9 Å². The fourth-order valence-electron chi connectivity index (χ4n) is 2.77. The van der Waals surface area contributed by atoms with Crippen LogP contribution in [0.3, 0.4) is 0 Å². The van der Waals surface area contributed by atoms with Crippen molar-refractivity contribution >= 4 is 5.78 Å². The van der Waals surface area contributed by atoms with E-state index in [1.807, 2.05) is 19.2 Å². The molecule has 1 atom stereocenters. The second-order valence-corrected chi connectivity index (χ2v) is 5.84. The lowest BCUT2D eigenvalue weighted by Gasteiger charge is -2.21. The van der Waals surface area contributed by atoms with Crippen LogP contribution in [0.25, 0.3) is 0 Å². The minimum atomic E-state index is 0.242. The van der Waals surface area contributed by atoms with E-state index < -0.39 is 0 Å². The van der Waals surface area contributed by atoms with Crippen LogP contribution < -0.4 is 5.73 Å². The molecule has 1 fully saturated rings. The van der Waals surface area contributed by atoms with Crippen LogP contribution in [0.15, 0.2) is 12.3 Å². The average molecular weight is 263 g/mol.